The molecule has 0 bridgehead atoms. The van der Waals surface area contributed by atoms with Crippen molar-refractivity contribution in [2.75, 3.05) is 11.9 Å². The number of carbonyl (C=O) groups excluding carboxylic acids is 1. The molecule has 0 saturated carbocycles. The average Bonchev–Trinajstić information content (AvgIpc) is 3.08. The van der Waals surface area contributed by atoms with Gasteiger partial charge < -0.3 is 14.8 Å². The van der Waals surface area contributed by atoms with Gasteiger partial charge in [0, 0.05) is 5.69 Å². The van der Waals surface area contributed by atoms with Gasteiger partial charge in [0.25, 0.3) is 0 Å². The van der Waals surface area contributed by atoms with E-state index in [0.717, 1.165) is 33.0 Å². The number of hydrogen-bond donors (Lipinski definition) is 1. The lowest BCUT2D eigenvalue weighted by molar-refractivity contribution is 0.0531. The minimum atomic E-state index is -0.332. The van der Waals surface area contributed by atoms with Gasteiger partial charge in [0.15, 0.2) is 0 Å². The molecule has 7 heteroatoms. The summed E-state index contributed by atoms with van der Waals surface area (Å²) in [5.41, 5.74) is 1.67. The number of nitrogens with one attached hydrogen (secondary N) is 1. The molecule has 4 rings (SSSR count). The molecule has 4 aromatic rings. The Morgan fingerprint density at radius 1 is 1.03 bits per heavy atom. The molecule has 2 aromatic heterocycles. The first-order valence-corrected chi connectivity index (χ1v) is 9.98. The normalized spacial score (nSPS) is 10.7. The van der Waals surface area contributed by atoms with Crippen molar-refractivity contribution in [3.05, 3.63) is 71.4 Å². The number of fused-ring (bicyclic) bond motifs is 1. The Labute approximate surface area is 172 Å². The van der Waals surface area contributed by atoms with Crippen LogP contribution in [0.1, 0.15) is 22.2 Å². The smallest absolute Gasteiger partial charge is 0.348 e. The van der Waals surface area contributed by atoms with E-state index in [1.165, 1.54) is 17.7 Å². The molecule has 2 heterocycles. The summed E-state index contributed by atoms with van der Waals surface area (Å²) < 4.78 is 11.0. The predicted octanol–water partition coefficient (Wildman–Crippen LogP) is 5.71. The minimum Gasteiger partial charge on any atom is -0.462 e. The van der Waals surface area contributed by atoms with Crippen molar-refractivity contribution in [1.29, 1.82) is 0 Å². The summed E-state index contributed by atoms with van der Waals surface area (Å²) in [6.45, 7) is 4.01. The molecule has 0 amide bonds. The van der Waals surface area contributed by atoms with Crippen molar-refractivity contribution in [2.24, 2.45) is 0 Å². The topological polar surface area (TPSA) is 73.3 Å². The van der Waals surface area contributed by atoms with Gasteiger partial charge in [0.1, 0.15) is 33.4 Å². The minimum absolute atomic E-state index is 0.332. The maximum atomic E-state index is 12.2. The SMILES string of the molecule is CCOC(=O)c1sc2ncnc(Nc3ccc(Oc4ccccc4)cc3)c2c1C. The van der Waals surface area contributed by atoms with Crippen molar-refractivity contribution in [2.45, 2.75) is 13.8 Å². The second kappa shape index (κ2) is 8.28. The molecule has 6 nitrogen and oxygen atoms in total. The molecule has 146 valence electrons. The second-order valence-corrected chi connectivity index (χ2v) is 7.24. The number of aromatic nitrogens is 2. The third-order valence-electron chi connectivity index (χ3n) is 4.28. The van der Waals surface area contributed by atoms with Crippen molar-refractivity contribution in [1.82, 2.24) is 9.97 Å². The van der Waals surface area contributed by atoms with E-state index in [9.17, 15) is 4.79 Å². The van der Waals surface area contributed by atoms with E-state index >= 15 is 0 Å². The first-order valence-electron chi connectivity index (χ1n) is 9.17. The van der Waals surface area contributed by atoms with Crippen molar-refractivity contribution in [3.63, 3.8) is 0 Å². The zero-order valence-corrected chi connectivity index (χ0v) is 16.8. The van der Waals surface area contributed by atoms with Crippen LogP contribution in [0.5, 0.6) is 11.5 Å². The summed E-state index contributed by atoms with van der Waals surface area (Å²) >= 11 is 1.31. The molecule has 0 saturated heterocycles. The maximum absolute atomic E-state index is 12.2. The molecule has 0 fully saturated rings. The van der Waals surface area contributed by atoms with Gasteiger partial charge in [0.2, 0.25) is 0 Å². The molecular weight excluding hydrogens is 386 g/mol. The second-order valence-electron chi connectivity index (χ2n) is 6.24. The van der Waals surface area contributed by atoms with Gasteiger partial charge in [-0.05, 0) is 55.8 Å². The van der Waals surface area contributed by atoms with E-state index in [1.807, 2.05) is 61.5 Å². The van der Waals surface area contributed by atoms with E-state index in [2.05, 4.69) is 15.3 Å². The number of nitrogens with zero attached hydrogens (tertiary/aromatic N) is 2. The van der Waals surface area contributed by atoms with Gasteiger partial charge in [-0.15, -0.1) is 11.3 Å². The molecule has 0 spiro atoms. The highest BCUT2D eigenvalue weighted by atomic mass is 32.1. The monoisotopic (exact) mass is 405 g/mol. The lowest BCUT2D eigenvalue weighted by Gasteiger charge is -2.09. The molecule has 0 aliphatic carbocycles. The van der Waals surface area contributed by atoms with Crippen LogP contribution in [0.3, 0.4) is 0 Å². The van der Waals surface area contributed by atoms with E-state index in [0.29, 0.717) is 17.3 Å². The standard InChI is InChI=1S/C22H19N3O3S/c1-3-27-22(26)19-14(2)18-20(23-13-24-21(18)29-19)25-15-9-11-17(12-10-15)28-16-7-5-4-6-8-16/h4-13H,3H2,1-2H3,(H,23,24,25). The number of benzene rings is 2. The Morgan fingerprint density at radius 2 is 1.76 bits per heavy atom. The Balaban J connectivity index is 1.58. The van der Waals surface area contributed by atoms with Gasteiger partial charge >= 0.3 is 5.97 Å². The number of esters is 1. The van der Waals surface area contributed by atoms with Crippen LogP contribution in [-0.2, 0) is 4.74 Å². The summed E-state index contributed by atoms with van der Waals surface area (Å²) in [6.07, 6.45) is 1.49. The molecule has 0 unspecified atom stereocenters. The van der Waals surface area contributed by atoms with Crippen LogP contribution in [0.4, 0.5) is 11.5 Å². The van der Waals surface area contributed by atoms with Crippen LogP contribution in [0, 0.1) is 6.92 Å². The van der Waals surface area contributed by atoms with Crippen LogP contribution in [-0.4, -0.2) is 22.5 Å². The number of para-hydroxylation sites is 1. The fourth-order valence-corrected chi connectivity index (χ4v) is 3.97. The lowest BCUT2D eigenvalue weighted by Crippen LogP contribution is -2.03. The number of rotatable bonds is 6. The van der Waals surface area contributed by atoms with Gasteiger partial charge in [0.05, 0.1) is 12.0 Å². The molecular formula is C22H19N3O3S. The van der Waals surface area contributed by atoms with Gasteiger partial charge in [-0.1, -0.05) is 18.2 Å². The first kappa shape index (κ1) is 18.9. The number of ether oxygens (including phenoxy) is 2. The van der Waals surface area contributed by atoms with Crippen molar-refractivity contribution in [3.8, 4) is 11.5 Å². The van der Waals surface area contributed by atoms with E-state index in [1.54, 1.807) is 6.92 Å². The molecule has 29 heavy (non-hydrogen) atoms. The molecule has 1 N–H and O–H groups in total. The quantitative estimate of drug-likeness (QED) is 0.414. The molecule has 0 atom stereocenters. The maximum Gasteiger partial charge on any atom is 0.348 e. The van der Waals surface area contributed by atoms with Crippen LogP contribution in [0.25, 0.3) is 10.2 Å². The number of aryl methyl sites for hydroxylation is 1. The van der Waals surface area contributed by atoms with Gasteiger partial charge in [-0.2, -0.15) is 0 Å². The van der Waals surface area contributed by atoms with Crippen molar-refractivity contribution >= 4 is 39.0 Å². The summed E-state index contributed by atoms with van der Waals surface area (Å²) in [5, 5.41) is 4.14. The third-order valence-corrected chi connectivity index (χ3v) is 5.46. The number of thiophene rings is 1. The van der Waals surface area contributed by atoms with Crippen LogP contribution < -0.4 is 10.1 Å². The number of hydrogen-bond acceptors (Lipinski definition) is 7. The summed E-state index contributed by atoms with van der Waals surface area (Å²) in [6, 6.07) is 17.2. The molecule has 0 aliphatic rings. The van der Waals surface area contributed by atoms with Gasteiger partial charge in [-0.3, -0.25) is 0 Å². The third kappa shape index (κ3) is 4.05. The number of carbonyl (C=O) groups is 1. The van der Waals surface area contributed by atoms with E-state index < -0.39 is 0 Å². The molecule has 0 aliphatic heterocycles. The van der Waals surface area contributed by atoms with Crippen LogP contribution >= 0.6 is 11.3 Å². The fraction of sp³-hybridized carbons (Fsp3) is 0.136. The molecule has 0 radical (unpaired) electrons. The highest BCUT2D eigenvalue weighted by Crippen LogP contribution is 2.35. The predicted molar refractivity (Wildman–Crippen MR) is 114 cm³/mol. The summed E-state index contributed by atoms with van der Waals surface area (Å²) in [4.78, 5) is 22.2. The summed E-state index contributed by atoms with van der Waals surface area (Å²) in [7, 11) is 0. The van der Waals surface area contributed by atoms with Crippen LogP contribution in [0.15, 0.2) is 60.9 Å². The van der Waals surface area contributed by atoms with E-state index in [4.69, 9.17) is 9.47 Å². The van der Waals surface area contributed by atoms with Gasteiger partial charge in [-0.25, -0.2) is 14.8 Å². The van der Waals surface area contributed by atoms with Crippen LogP contribution in [0.2, 0.25) is 0 Å². The fourth-order valence-electron chi connectivity index (χ4n) is 2.93. The Kier molecular flexibility index (Phi) is 5.39. The summed E-state index contributed by atoms with van der Waals surface area (Å²) in [5.74, 6) is 1.84. The Morgan fingerprint density at radius 3 is 2.48 bits per heavy atom. The highest BCUT2D eigenvalue weighted by Gasteiger charge is 2.20. The largest absolute Gasteiger partial charge is 0.462 e. The number of anilines is 2. The Bertz CT molecular complexity index is 1140. The molecule has 2 aromatic carbocycles. The average molecular weight is 405 g/mol. The highest BCUT2D eigenvalue weighted by molar-refractivity contribution is 7.20. The Hall–Kier alpha value is -3.45. The first-order chi connectivity index (χ1) is 14.2. The zero-order chi connectivity index (χ0) is 20.2. The lowest BCUT2D eigenvalue weighted by atomic mass is 10.2. The van der Waals surface area contributed by atoms with Crippen molar-refractivity contribution < 1.29 is 14.3 Å². The van der Waals surface area contributed by atoms with E-state index in [-0.39, 0.29) is 5.97 Å². The zero-order valence-electron chi connectivity index (χ0n) is 16.0.